The van der Waals surface area contributed by atoms with Gasteiger partial charge in [0.1, 0.15) is 0 Å². The van der Waals surface area contributed by atoms with Gasteiger partial charge in [-0.25, -0.2) is 13.1 Å². The number of carbonyl (C=O) groups is 1. The summed E-state index contributed by atoms with van der Waals surface area (Å²) in [5.74, 6) is -0.601. The van der Waals surface area contributed by atoms with Gasteiger partial charge in [-0.05, 0) is 17.6 Å². The van der Waals surface area contributed by atoms with Gasteiger partial charge in [0, 0.05) is 6.42 Å². The first kappa shape index (κ1) is 13.7. The van der Waals surface area contributed by atoms with E-state index in [1.807, 2.05) is 4.72 Å². The van der Waals surface area contributed by atoms with E-state index in [-0.39, 0.29) is 16.8 Å². The molecule has 1 aromatic rings. The van der Waals surface area contributed by atoms with Gasteiger partial charge in [0.2, 0.25) is 5.91 Å². The summed E-state index contributed by atoms with van der Waals surface area (Å²) in [5.41, 5.74) is 0.172. The fourth-order valence-corrected chi connectivity index (χ4v) is 2.16. The Bertz CT molecular complexity index is 497. The molecule has 3 N–H and O–H groups in total. The van der Waals surface area contributed by atoms with Crippen molar-refractivity contribution in [1.82, 2.24) is 4.72 Å². The Morgan fingerprint density at radius 3 is 2.24 bits per heavy atom. The third-order valence-electron chi connectivity index (χ3n) is 2.06. The molecule has 0 bridgehead atoms. The van der Waals surface area contributed by atoms with Crippen molar-refractivity contribution in [2.24, 2.45) is 0 Å². The number of hydrogen-bond acceptors (Lipinski definition) is 5. The van der Waals surface area contributed by atoms with E-state index in [0.717, 1.165) is 0 Å². The molecular formula is C9H12BNO5S. The predicted molar refractivity (Wildman–Crippen MR) is 61.9 cm³/mol. The predicted octanol–water partition coefficient (Wildman–Crippen LogP) is -1.42. The third kappa shape index (κ3) is 3.55. The number of rotatable bonds is 4. The number of amides is 1. The van der Waals surface area contributed by atoms with Gasteiger partial charge in [0.05, 0.1) is 4.90 Å². The molecule has 0 fully saturated rings. The van der Waals surface area contributed by atoms with Crippen molar-refractivity contribution in [1.29, 1.82) is 0 Å². The normalized spacial score (nSPS) is 11.0. The number of hydrogen-bond donors (Lipinski definition) is 3. The molecule has 1 amide bonds. The van der Waals surface area contributed by atoms with Gasteiger partial charge in [-0.15, -0.1) is 0 Å². The van der Waals surface area contributed by atoms with E-state index in [0.29, 0.717) is 0 Å². The highest BCUT2D eigenvalue weighted by atomic mass is 32.2. The second kappa shape index (κ2) is 5.30. The summed E-state index contributed by atoms with van der Waals surface area (Å²) >= 11 is 0. The van der Waals surface area contributed by atoms with Crippen molar-refractivity contribution < 1.29 is 23.3 Å². The lowest BCUT2D eigenvalue weighted by Gasteiger charge is -2.06. The van der Waals surface area contributed by atoms with Crippen LogP contribution in [-0.4, -0.2) is 31.5 Å². The first-order valence-corrected chi connectivity index (χ1v) is 6.37. The van der Waals surface area contributed by atoms with Crippen LogP contribution in [0.15, 0.2) is 29.2 Å². The minimum atomic E-state index is -3.88. The van der Waals surface area contributed by atoms with E-state index in [4.69, 9.17) is 10.0 Å². The van der Waals surface area contributed by atoms with Gasteiger partial charge in [0.25, 0.3) is 10.0 Å². The fraction of sp³-hybridized carbons (Fsp3) is 0.222. The number of nitrogens with one attached hydrogen (secondary N) is 1. The summed E-state index contributed by atoms with van der Waals surface area (Å²) in [6, 6.07) is 4.91. The number of carbonyl (C=O) groups excluding carboxylic acids is 1. The molecule has 6 nitrogen and oxygen atoms in total. The van der Waals surface area contributed by atoms with Gasteiger partial charge >= 0.3 is 7.12 Å². The Labute approximate surface area is 99.5 Å². The quantitative estimate of drug-likeness (QED) is 0.574. The summed E-state index contributed by atoms with van der Waals surface area (Å²) in [7, 11) is -5.53. The standard InChI is InChI=1S/C9H12BNO5S/c1-2-9(12)11-17(15,16)8-5-3-7(4-6-8)10(13)14/h3-6,13-14H,2H2,1H3,(H,11,12). The first-order valence-electron chi connectivity index (χ1n) is 4.88. The maximum atomic E-state index is 11.6. The van der Waals surface area contributed by atoms with Crippen molar-refractivity contribution in [3.63, 3.8) is 0 Å². The molecular weight excluding hydrogens is 245 g/mol. The van der Waals surface area contributed by atoms with Crippen LogP contribution in [0.25, 0.3) is 0 Å². The zero-order valence-electron chi connectivity index (χ0n) is 9.12. The Balaban J connectivity index is 2.96. The van der Waals surface area contributed by atoms with Crippen LogP contribution in [0, 0.1) is 0 Å². The molecule has 8 heteroatoms. The number of benzene rings is 1. The van der Waals surface area contributed by atoms with E-state index in [9.17, 15) is 13.2 Å². The lowest BCUT2D eigenvalue weighted by atomic mass is 9.81. The summed E-state index contributed by atoms with van der Waals surface area (Å²) < 4.78 is 25.1. The topological polar surface area (TPSA) is 104 Å². The second-order valence-electron chi connectivity index (χ2n) is 3.32. The molecule has 0 radical (unpaired) electrons. The SMILES string of the molecule is CCC(=O)NS(=O)(=O)c1ccc(B(O)O)cc1. The monoisotopic (exact) mass is 257 g/mol. The van der Waals surface area contributed by atoms with E-state index in [1.165, 1.54) is 31.2 Å². The minimum Gasteiger partial charge on any atom is -0.423 e. The molecule has 0 saturated heterocycles. The van der Waals surface area contributed by atoms with E-state index >= 15 is 0 Å². The Hall–Kier alpha value is -1.38. The van der Waals surface area contributed by atoms with Crippen LogP contribution in [0.4, 0.5) is 0 Å². The van der Waals surface area contributed by atoms with Crippen molar-refractivity contribution in [3.05, 3.63) is 24.3 Å². The number of sulfonamides is 1. The molecule has 0 aliphatic carbocycles. The average molecular weight is 257 g/mol. The molecule has 1 aromatic carbocycles. The summed E-state index contributed by atoms with van der Waals surface area (Å²) in [6.45, 7) is 1.54. The lowest BCUT2D eigenvalue weighted by molar-refractivity contribution is -0.119. The average Bonchev–Trinajstić information content (AvgIpc) is 2.28. The van der Waals surface area contributed by atoms with Crippen molar-refractivity contribution in [3.8, 4) is 0 Å². The van der Waals surface area contributed by atoms with Crippen LogP contribution in [0.2, 0.25) is 0 Å². The molecule has 0 aromatic heterocycles. The lowest BCUT2D eigenvalue weighted by Crippen LogP contribution is -2.32. The van der Waals surface area contributed by atoms with Gasteiger partial charge < -0.3 is 10.0 Å². The van der Waals surface area contributed by atoms with Crippen LogP contribution in [0.3, 0.4) is 0 Å². The van der Waals surface area contributed by atoms with Gasteiger partial charge in [0.15, 0.2) is 0 Å². The van der Waals surface area contributed by atoms with Crippen LogP contribution < -0.4 is 10.2 Å². The Morgan fingerprint density at radius 2 is 1.82 bits per heavy atom. The Kier molecular flexibility index (Phi) is 4.27. The van der Waals surface area contributed by atoms with Crippen LogP contribution in [0.1, 0.15) is 13.3 Å². The van der Waals surface area contributed by atoms with Gasteiger partial charge in [-0.1, -0.05) is 19.1 Å². The molecule has 0 aliphatic heterocycles. The summed E-state index contributed by atoms with van der Waals surface area (Å²) in [5, 5.41) is 17.7. The van der Waals surface area contributed by atoms with Crippen molar-refractivity contribution >= 4 is 28.5 Å². The molecule has 0 spiro atoms. The van der Waals surface area contributed by atoms with Gasteiger partial charge in [-0.2, -0.15) is 0 Å². The molecule has 0 saturated carbocycles. The van der Waals surface area contributed by atoms with E-state index in [2.05, 4.69) is 0 Å². The molecule has 17 heavy (non-hydrogen) atoms. The fourth-order valence-electron chi connectivity index (χ4n) is 1.10. The molecule has 0 heterocycles. The maximum absolute atomic E-state index is 11.6. The smallest absolute Gasteiger partial charge is 0.423 e. The molecule has 92 valence electrons. The molecule has 0 unspecified atom stereocenters. The highest BCUT2D eigenvalue weighted by molar-refractivity contribution is 7.90. The van der Waals surface area contributed by atoms with E-state index < -0.39 is 23.0 Å². The summed E-state index contributed by atoms with van der Waals surface area (Å²) in [6.07, 6.45) is 0.0622. The minimum absolute atomic E-state index is 0.0622. The highest BCUT2D eigenvalue weighted by Gasteiger charge is 2.18. The first-order chi connectivity index (χ1) is 7.86. The van der Waals surface area contributed by atoms with E-state index in [1.54, 1.807) is 0 Å². The zero-order valence-corrected chi connectivity index (χ0v) is 9.94. The molecule has 0 atom stereocenters. The largest absolute Gasteiger partial charge is 0.488 e. The maximum Gasteiger partial charge on any atom is 0.488 e. The zero-order chi connectivity index (χ0) is 13.1. The molecule has 0 aliphatic rings. The van der Waals surface area contributed by atoms with Crippen LogP contribution >= 0.6 is 0 Å². The summed E-state index contributed by atoms with van der Waals surface area (Å²) in [4.78, 5) is 10.9. The second-order valence-corrected chi connectivity index (χ2v) is 5.01. The van der Waals surface area contributed by atoms with Crippen LogP contribution in [-0.2, 0) is 14.8 Å². The third-order valence-corrected chi connectivity index (χ3v) is 3.45. The van der Waals surface area contributed by atoms with Gasteiger partial charge in [-0.3, -0.25) is 4.79 Å². The van der Waals surface area contributed by atoms with Crippen molar-refractivity contribution in [2.75, 3.05) is 0 Å². The highest BCUT2D eigenvalue weighted by Crippen LogP contribution is 2.06. The van der Waals surface area contributed by atoms with Crippen LogP contribution in [0.5, 0.6) is 0 Å². The van der Waals surface area contributed by atoms with Crippen molar-refractivity contribution in [2.45, 2.75) is 18.2 Å². The molecule has 1 rings (SSSR count). The Morgan fingerprint density at radius 1 is 1.29 bits per heavy atom.